The number of anilines is 1. The number of amidine groups is 1. The Kier molecular flexibility index (Phi) is 3.46. The van der Waals surface area contributed by atoms with Crippen molar-refractivity contribution in [3.63, 3.8) is 0 Å². The summed E-state index contributed by atoms with van der Waals surface area (Å²) >= 11 is 6.03. The third-order valence-electron chi connectivity index (χ3n) is 3.89. The molecule has 7 heteroatoms. The van der Waals surface area contributed by atoms with Gasteiger partial charge >= 0.3 is 5.97 Å². The van der Waals surface area contributed by atoms with Crippen molar-refractivity contribution in [2.75, 3.05) is 18.4 Å². The Bertz CT molecular complexity index is 907. The fourth-order valence-electron chi connectivity index (χ4n) is 2.80. The lowest BCUT2D eigenvalue weighted by molar-refractivity contribution is 0.0697. The van der Waals surface area contributed by atoms with Gasteiger partial charge in [-0.05, 0) is 36.4 Å². The number of nitrogens with zero attached hydrogens (tertiary/aromatic N) is 3. The number of benzene rings is 2. The molecular weight excluding hydrogens is 328 g/mol. The molecule has 0 saturated carbocycles. The van der Waals surface area contributed by atoms with E-state index < -0.39 is 5.97 Å². The number of carbonyl (C=O) groups is 1. The lowest BCUT2D eigenvalue weighted by Gasteiger charge is -2.28. The van der Waals surface area contributed by atoms with E-state index in [1.54, 1.807) is 30.3 Å². The first-order chi connectivity index (χ1) is 11.6. The molecule has 6 nitrogen and oxygen atoms in total. The van der Waals surface area contributed by atoms with Crippen LogP contribution in [0.2, 0.25) is 5.02 Å². The van der Waals surface area contributed by atoms with Gasteiger partial charge in [0.25, 0.3) is 0 Å². The fraction of sp³-hybridized carbons (Fsp3) is 0.118. The Hall–Kier alpha value is -2.86. The summed E-state index contributed by atoms with van der Waals surface area (Å²) in [5.41, 5.74) is 2.45. The van der Waals surface area contributed by atoms with E-state index >= 15 is 0 Å². The maximum absolute atomic E-state index is 11.2. The average Bonchev–Trinajstić information content (AvgIpc) is 3.04. The van der Waals surface area contributed by atoms with Crippen molar-refractivity contribution in [1.82, 2.24) is 4.90 Å². The van der Waals surface area contributed by atoms with Crippen LogP contribution in [0, 0.1) is 0 Å². The predicted molar refractivity (Wildman–Crippen MR) is 93.7 cm³/mol. The molecule has 0 unspecified atom stereocenters. The van der Waals surface area contributed by atoms with Crippen LogP contribution in [-0.2, 0) is 0 Å². The maximum Gasteiger partial charge on any atom is 0.335 e. The number of carboxylic acids is 1. The molecular formula is C17H13ClN4O2. The molecule has 120 valence electrons. The van der Waals surface area contributed by atoms with Gasteiger partial charge < -0.3 is 10.4 Å². The SMILES string of the molecule is O=C(O)c1ccc2c(c1)N=C(Nc1cccc(Cl)c1)N1CCN=C21. The van der Waals surface area contributed by atoms with E-state index in [0.29, 0.717) is 23.2 Å². The number of nitrogens with one attached hydrogen (secondary N) is 1. The summed E-state index contributed by atoms with van der Waals surface area (Å²) in [7, 11) is 0. The summed E-state index contributed by atoms with van der Waals surface area (Å²) in [6.07, 6.45) is 0. The number of fused-ring (bicyclic) bond motifs is 3. The van der Waals surface area contributed by atoms with Gasteiger partial charge in [0.05, 0.1) is 17.8 Å². The summed E-state index contributed by atoms with van der Waals surface area (Å²) in [5.74, 6) is 0.443. The zero-order valence-corrected chi connectivity index (χ0v) is 13.3. The van der Waals surface area contributed by atoms with Crippen LogP contribution in [0.5, 0.6) is 0 Å². The van der Waals surface area contributed by atoms with Crippen LogP contribution in [0.1, 0.15) is 15.9 Å². The zero-order valence-electron chi connectivity index (χ0n) is 12.5. The van der Waals surface area contributed by atoms with Crippen LogP contribution in [-0.4, -0.2) is 40.9 Å². The normalized spacial score (nSPS) is 15.3. The van der Waals surface area contributed by atoms with Gasteiger partial charge in [0.2, 0.25) is 5.96 Å². The number of aliphatic imine (C=N–C) groups is 2. The van der Waals surface area contributed by atoms with Crippen molar-refractivity contribution in [3.05, 3.63) is 58.6 Å². The van der Waals surface area contributed by atoms with Gasteiger partial charge in [-0.15, -0.1) is 0 Å². The third kappa shape index (κ3) is 2.51. The average molecular weight is 341 g/mol. The second-order valence-corrected chi connectivity index (χ2v) is 5.90. The highest BCUT2D eigenvalue weighted by molar-refractivity contribution is 6.31. The van der Waals surface area contributed by atoms with Gasteiger partial charge in [-0.25, -0.2) is 9.79 Å². The monoisotopic (exact) mass is 340 g/mol. The minimum Gasteiger partial charge on any atom is -0.478 e. The molecule has 0 spiro atoms. The van der Waals surface area contributed by atoms with Gasteiger partial charge in [0.1, 0.15) is 5.84 Å². The first kappa shape index (κ1) is 14.7. The molecule has 2 aromatic carbocycles. The quantitative estimate of drug-likeness (QED) is 0.880. The Balaban J connectivity index is 1.78. The molecule has 2 N–H and O–H groups in total. The Morgan fingerprint density at radius 2 is 2.12 bits per heavy atom. The van der Waals surface area contributed by atoms with Crippen LogP contribution >= 0.6 is 11.6 Å². The molecule has 0 aliphatic carbocycles. The summed E-state index contributed by atoms with van der Waals surface area (Å²) in [6, 6.07) is 12.2. The number of guanidine groups is 1. The molecule has 24 heavy (non-hydrogen) atoms. The van der Waals surface area contributed by atoms with Crippen molar-refractivity contribution in [2.45, 2.75) is 0 Å². The van der Waals surface area contributed by atoms with E-state index in [4.69, 9.17) is 11.6 Å². The second kappa shape index (κ2) is 5.65. The number of aromatic carboxylic acids is 1. The summed E-state index contributed by atoms with van der Waals surface area (Å²) < 4.78 is 0. The molecule has 0 saturated heterocycles. The number of carboxylic acid groups (broad SMARTS) is 1. The zero-order chi connectivity index (χ0) is 16.7. The molecule has 4 rings (SSSR count). The Labute approximate surface area is 143 Å². The molecule has 0 radical (unpaired) electrons. The van der Waals surface area contributed by atoms with Crippen molar-refractivity contribution in [3.8, 4) is 0 Å². The standard InChI is InChI=1S/C17H13ClN4O2/c18-11-2-1-3-12(9-11)20-17-21-14-8-10(16(23)24)4-5-13(14)15-19-6-7-22(15)17/h1-5,8-9H,6-7H2,(H,20,21)(H,23,24). The lowest BCUT2D eigenvalue weighted by atomic mass is 10.1. The van der Waals surface area contributed by atoms with Gasteiger partial charge in [0, 0.05) is 22.8 Å². The minimum atomic E-state index is -0.979. The molecule has 2 aromatic rings. The van der Waals surface area contributed by atoms with Gasteiger partial charge in [-0.3, -0.25) is 9.89 Å². The van der Waals surface area contributed by atoms with Crippen LogP contribution < -0.4 is 5.32 Å². The van der Waals surface area contributed by atoms with E-state index in [9.17, 15) is 9.90 Å². The van der Waals surface area contributed by atoms with E-state index in [0.717, 1.165) is 23.6 Å². The number of rotatable bonds is 2. The largest absolute Gasteiger partial charge is 0.478 e. The highest BCUT2D eigenvalue weighted by Gasteiger charge is 2.30. The highest BCUT2D eigenvalue weighted by atomic mass is 35.5. The van der Waals surface area contributed by atoms with Crippen LogP contribution in [0.3, 0.4) is 0 Å². The summed E-state index contributed by atoms with van der Waals surface area (Å²) in [6.45, 7) is 1.40. The summed E-state index contributed by atoms with van der Waals surface area (Å²) in [4.78, 5) is 22.3. The van der Waals surface area contributed by atoms with Crippen LogP contribution in [0.15, 0.2) is 52.4 Å². The molecule has 2 aliphatic rings. The van der Waals surface area contributed by atoms with Crippen molar-refractivity contribution in [2.24, 2.45) is 9.98 Å². The number of hydrogen-bond acceptors (Lipinski definition) is 5. The predicted octanol–water partition coefficient (Wildman–Crippen LogP) is 3.21. The minimum absolute atomic E-state index is 0.201. The van der Waals surface area contributed by atoms with Crippen LogP contribution in [0.25, 0.3) is 0 Å². The first-order valence-electron chi connectivity index (χ1n) is 7.43. The van der Waals surface area contributed by atoms with Gasteiger partial charge in [0.15, 0.2) is 0 Å². The molecule has 0 aromatic heterocycles. The molecule has 2 heterocycles. The Morgan fingerprint density at radius 3 is 2.92 bits per heavy atom. The Morgan fingerprint density at radius 1 is 1.25 bits per heavy atom. The molecule has 0 atom stereocenters. The van der Waals surface area contributed by atoms with Gasteiger partial charge in [-0.2, -0.15) is 0 Å². The van der Waals surface area contributed by atoms with Crippen molar-refractivity contribution >= 4 is 40.7 Å². The second-order valence-electron chi connectivity index (χ2n) is 5.46. The summed E-state index contributed by atoms with van der Waals surface area (Å²) in [5, 5.41) is 13.1. The van der Waals surface area contributed by atoms with E-state index in [1.165, 1.54) is 0 Å². The molecule has 0 amide bonds. The topological polar surface area (TPSA) is 77.3 Å². The number of hydrogen-bond donors (Lipinski definition) is 2. The van der Waals surface area contributed by atoms with Crippen molar-refractivity contribution < 1.29 is 9.90 Å². The lowest BCUT2D eigenvalue weighted by Crippen LogP contribution is -2.41. The molecule has 2 aliphatic heterocycles. The number of halogens is 1. The third-order valence-corrected chi connectivity index (χ3v) is 4.12. The fourth-order valence-corrected chi connectivity index (χ4v) is 2.99. The van der Waals surface area contributed by atoms with Crippen LogP contribution in [0.4, 0.5) is 11.4 Å². The maximum atomic E-state index is 11.2. The highest BCUT2D eigenvalue weighted by Crippen LogP contribution is 2.30. The first-order valence-corrected chi connectivity index (χ1v) is 7.80. The van der Waals surface area contributed by atoms with E-state index in [-0.39, 0.29) is 5.56 Å². The van der Waals surface area contributed by atoms with E-state index in [2.05, 4.69) is 15.3 Å². The van der Waals surface area contributed by atoms with Gasteiger partial charge in [-0.1, -0.05) is 17.7 Å². The van der Waals surface area contributed by atoms with Crippen molar-refractivity contribution in [1.29, 1.82) is 0 Å². The molecule has 0 bridgehead atoms. The molecule has 0 fully saturated rings. The van der Waals surface area contributed by atoms with E-state index in [1.807, 2.05) is 17.0 Å². The smallest absolute Gasteiger partial charge is 0.335 e.